The van der Waals surface area contributed by atoms with Gasteiger partial charge in [0, 0.05) is 24.5 Å². The maximum atomic E-state index is 6.15. The van der Waals surface area contributed by atoms with Gasteiger partial charge in [0.25, 0.3) is 0 Å². The highest BCUT2D eigenvalue weighted by molar-refractivity contribution is 7.20. The quantitative estimate of drug-likeness (QED) is 0.872. The molecule has 2 heterocycles. The molecular weight excluding hydrogens is 287 g/mol. The first-order valence-corrected chi connectivity index (χ1v) is 7.26. The van der Waals surface area contributed by atoms with E-state index in [9.17, 15) is 0 Å². The summed E-state index contributed by atoms with van der Waals surface area (Å²) in [5.41, 5.74) is 2.25. The average Bonchev–Trinajstić information content (AvgIpc) is 2.69. The molecule has 5 heteroatoms. The summed E-state index contributed by atoms with van der Waals surface area (Å²) >= 11 is 13.5. The van der Waals surface area contributed by atoms with Gasteiger partial charge in [0.05, 0.1) is 8.67 Å². The summed E-state index contributed by atoms with van der Waals surface area (Å²) in [6.45, 7) is 4.20. The molecule has 0 amide bonds. The number of hydrogen-bond donors (Lipinski definition) is 1. The fourth-order valence-corrected chi connectivity index (χ4v) is 3.51. The van der Waals surface area contributed by atoms with E-state index < -0.39 is 0 Å². The van der Waals surface area contributed by atoms with Crippen LogP contribution in [0.1, 0.15) is 37.1 Å². The van der Waals surface area contributed by atoms with E-state index in [0.29, 0.717) is 0 Å². The molecule has 1 unspecified atom stereocenters. The van der Waals surface area contributed by atoms with Crippen LogP contribution in [0.4, 0.5) is 0 Å². The lowest BCUT2D eigenvalue weighted by Gasteiger charge is -2.20. The topological polar surface area (TPSA) is 24.9 Å². The second-order valence-corrected chi connectivity index (χ2v) is 6.46. The van der Waals surface area contributed by atoms with Gasteiger partial charge in [-0.1, -0.05) is 23.2 Å². The summed E-state index contributed by atoms with van der Waals surface area (Å²) in [6, 6.07) is 6.33. The molecule has 2 rings (SSSR count). The second-order valence-electron chi connectivity index (χ2n) is 4.17. The lowest BCUT2D eigenvalue weighted by atomic mass is 10.1. The lowest BCUT2D eigenvalue weighted by Crippen LogP contribution is -2.22. The van der Waals surface area contributed by atoms with Crippen LogP contribution in [0.3, 0.4) is 0 Å². The maximum absolute atomic E-state index is 6.15. The molecule has 2 aromatic heterocycles. The van der Waals surface area contributed by atoms with E-state index in [4.69, 9.17) is 23.2 Å². The summed E-state index contributed by atoms with van der Waals surface area (Å²) in [7, 11) is 0. The van der Waals surface area contributed by atoms with Gasteiger partial charge in [-0.25, -0.2) is 0 Å². The van der Waals surface area contributed by atoms with Crippen LogP contribution in [-0.2, 0) is 0 Å². The molecule has 0 aliphatic carbocycles. The first kappa shape index (κ1) is 13.8. The third-order valence-electron chi connectivity index (χ3n) is 2.86. The molecule has 18 heavy (non-hydrogen) atoms. The molecule has 2 atom stereocenters. The van der Waals surface area contributed by atoms with Crippen LogP contribution in [-0.4, -0.2) is 4.98 Å². The molecule has 0 aliphatic heterocycles. The van der Waals surface area contributed by atoms with Crippen molar-refractivity contribution >= 4 is 34.5 Å². The molecule has 0 saturated heterocycles. The zero-order valence-electron chi connectivity index (χ0n) is 10.2. The summed E-state index contributed by atoms with van der Waals surface area (Å²) in [4.78, 5) is 4.02. The Morgan fingerprint density at radius 2 is 1.83 bits per heavy atom. The second kappa shape index (κ2) is 6.02. The van der Waals surface area contributed by atoms with E-state index in [1.807, 2.05) is 18.2 Å². The fraction of sp³-hybridized carbons (Fsp3) is 0.308. The number of rotatable bonds is 4. The molecule has 0 bridgehead atoms. The normalized spacial score (nSPS) is 14.4. The van der Waals surface area contributed by atoms with Crippen LogP contribution in [0.5, 0.6) is 0 Å². The Morgan fingerprint density at radius 1 is 1.17 bits per heavy atom. The highest BCUT2D eigenvalue weighted by Crippen LogP contribution is 2.35. The Hall–Kier alpha value is -0.610. The van der Waals surface area contributed by atoms with E-state index in [1.165, 1.54) is 16.9 Å². The number of thiophene rings is 1. The van der Waals surface area contributed by atoms with Crippen LogP contribution in [0, 0.1) is 0 Å². The number of hydrogen-bond acceptors (Lipinski definition) is 3. The Labute approximate surface area is 121 Å². The van der Waals surface area contributed by atoms with Crippen LogP contribution >= 0.6 is 34.5 Å². The van der Waals surface area contributed by atoms with E-state index in [0.717, 1.165) is 14.2 Å². The third kappa shape index (κ3) is 3.23. The SMILES string of the molecule is CC(N[C@@H](C)c1ccncc1)c1cc(Cl)sc1Cl. The molecule has 0 aliphatic rings. The van der Waals surface area contributed by atoms with Crippen molar-refractivity contribution in [2.45, 2.75) is 25.9 Å². The van der Waals surface area contributed by atoms with Gasteiger partial charge < -0.3 is 5.32 Å². The third-order valence-corrected chi connectivity index (χ3v) is 4.37. The molecule has 2 aromatic rings. The largest absolute Gasteiger partial charge is 0.304 e. The van der Waals surface area contributed by atoms with Crippen molar-refractivity contribution < 1.29 is 0 Å². The van der Waals surface area contributed by atoms with Gasteiger partial charge in [0.1, 0.15) is 0 Å². The monoisotopic (exact) mass is 300 g/mol. The van der Waals surface area contributed by atoms with Gasteiger partial charge in [-0.3, -0.25) is 4.98 Å². The number of pyridine rings is 1. The van der Waals surface area contributed by atoms with Gasteiger partial charge in [0.2, 0.25) is 0 Å². The van der Waals surface area contributed by atoms with Crippen molar-refractivity contribution in [3.05, 3.63) is 50.4 Å². The zero-order chi connectivity index (χ0) is 13.1. The van der Waals surface area contributed by atoms with Gasteiger partial charge in [-0.15, -0.1) is 11.3 Å². The molecule has 2 nitrogen and oxygen atoms in total. The van der Waals surface area contributed by atoms with Crippen molar-refractivity contribution in [3.63, 3.8) is 0 Å². The van der Waals surface area contributed by atoms with Crippen LogP contribution in [0.2, 0.25) is 8.67 Å². The Bertz CT molecular complexity index is 513. The fourth-order valence-electron chi connectivity index (χ4n) is 1.86. The molecule has 1 N–H and O–H groups in total. The number of halogens is 2. The minimum Gasteiger partial charge on any atom is -0.304 e. The Balaban J connectivity index is 2.08. The predicted octanol–water partition coefficient (Wildman–Crippen LogP) is 4.86. The molecule has 0 saturated carbocycles. The number of nitrogens with zero attached hydrogens (tertiary/aromatic N) is 1. The van der Waals surface area contributed by atoms with E-state index in [1.54, 1.807) is 12.4 Å². The predicted molar refractivity (Wildman–Crippen MR) is 78.5 cm³/mol. The Morgan fingerprint density at radius 3 is 2.39 bits per heavy atom. The van der Waals surface area contributed by atoms with Gasteiger partial charge in [0.15, 0.2) is 0 Å². The summed E-state index contributed by atoms with van der Waals surface area (Å²) in [5.74, 6) is 0. The lowest BCUT2D eigenvalue weighted by molar-refractivity contribution is 0.495. The van der Waals surface area contributed by atoms with E-state index >= 15 is 0 Å². The van der Waals surface area contributed by atoms with Crippen LogP contribution in [0.15, 0.2) is 30.6 Å². The molecular formula is C13H14Cl2N2S. The van der Waals surface area contributed by atoms with Crippen molar-refractivity contribution in [2.24, 2.45) is 0 Å². The highest BCUT2D eigenvalue weighted by atomic mass is 35.5. The highest BCUT2D eigenvalue weighted by Gasteiger charge is 2.16. The molecule has 0 radical (unpaired) electrons. The minimum absolute atomic E-state index is 0.157. The van der Waals surface area contributed by atoms with Crippen molar-refractivity contribution in [2.75, 3.05) is 0 Å². The van der Waals surface area contributed by atoms with Crippen LogP contribution < -0.4 is 5.32 Å². The molecule has 0 spiro atoms. The summed E-state index contributed by atoms with van der Waals surface area (Å²) in [6.07, 6.45) is 3.60. The van der Waals surface area contributed by atoms with Crippen molar-refractivity contribution in [1.82, 2.24) is 10.3 Å². The average molecular weight is 301 g/mol. The first-order chi connectivity index (χ1) is 8.58. The minimum atomic E-state index is 0.157. The number of nitrogens with one attached hydrogen (secondary N) is 1. The maximum Gasteiger partial charge on any atom is 0.0991 e. The van der Waals surface area contributed by atoms with E-state index in [-0.39, 0.29) is 12.1 Å². The Kier molecular flexibility index (Phi) is 4.62. The van der Waals surface area contributed by atoms with Crippen molar-refractivity contribution in [3.8, 4) is 0 Å². The molecule has 0 fully saturated rings. The van der Waals surface area contributed by atoms with Gasteiger partial charge in [-0.05, 0) is 43.2 Å². The van der Waals surface area contributed by atoms with Gasteiger partial charge >= 0.3 is 0 Å². The van der Waals surface area contributed by atoms with Crippen LogP contribution in [0.25, 0.3) is 0 Å². The smallest absolute Gasteiger partial charge is 0.0991 e. The summed E-state index contributed by atoms with van der Waals surface area (Å²) in [5, 5.41) is 3.50. The van der Waals surface area contributed by atoms with E-state index in [2.05, 4.69) is 24.1 Å². The standard InChI is InChI=1S/C13H14Cl2N2S/c1-8(10-3-5-16-6-4-10)17-9(2)11-7-12(14)18-13(11)15/h3-9,17H,1-2H3/t8-,9?/m0/s1. The van der Waals surface area contributed by atoms with Gasteiger partial charge in [-0.2, -0.15) is 0 Å². The summed E-state index contributed by atoms with van der Waals surface area (Å²) < 4.78 is 1.47. The van der Waals surface area contributed by atoms with Crippen molar-refractivity contribution in [1.29, 1.82) is 0 Å². The zero-order valence-corrected chi connectivity index (χ0v) is 12.5. The number of aromatic nitrogens is 1. The first-order valence-electron chi connectivity index (χ1n) is 5.68. The molecule has 0 aromatic carbocycles. The molecule has 96 valence electrons.